The van der Waals surface area contributed by atoms with Crippen molar-refractivity contribution in [1.82, 2.24) is 14.9 Å². The Balaban J connectivity index is 1.77. The zero-order chi connectivity index (χ0) is 19.6. The lowest BCUT2D eigenvalue weighted by Crippen LogP contribution is -2.39. The molecule has 1 fully saturated rings. The molecule has 28 heavy (non-hydrogen) atoms. The molecule has 152 valence electrons. The summed E-state index contributed by atoms with van der Waals surface area (Å²) in [4.78, 5) is 14.4. The molecule has 0 aliphatic carbocycles. The van der Waals surface area contributed by atoms with Crippen molar-refractivity contribution in [3.05, 3.63) is 36.4 Å². The van der Waals surface area contributed by atoms with Crippen LogP contribution in [0.2, 0.25) is 0 Å². The second-order valence-electron chi connectivity index (χ2n) is 7.17. The Hall–Kier alpha value is -2.18. The predicted octanol–water partition coefficient (Wildman–Crippen LogP) is 3.51. The maximum absolute atomic E-state index is 5.42. The number of hydrogen-bond donors (Lipinski definition) is 1. The van der Waals surface area contributed by atoms with Crippen LogP contribution in [-0.4, -0.2) is 67.4 Å². The topological polar surface area (TPSA) is 53.5 Å². The van der Waals surface area contributed by atoms with Gasteiger partial charge in [0.1, 0.15) is 5.82 Å². The van der Waals surface area contributed by atoms with Crippen LogP contribution in [-0.2, 0) is 4.74 Å². The molecule has 0 saturated carbocycles. The number of hydrogen-bond acceptors (Lipinski definition) is 6. The van der Waals surface area contributed by atoms with Crippen molar-refractivity contribution in [2.75, 3.05) is 62.7 Å². The van der Waals surface area contributed by atoms with Crippen LogP contribution in [0, 0.1) is 0 Å². The highest BCUT2D eigenvalue weighted by Crippen LogP contribution is 2.24. The molecular formula is C22H33N5O. The van der Waals surface area contributed by atoms with Crippen LogP contribution in [0.5, 0.6) is 0 Å². The first-order valence-corrected chi connectivity index (χ1v) is 10.5. The van der Waals surface area contributed by atoms with Gasteiger partial charge in [-0.25, -0.2) is 4.98 Å². The van der Waals surface area contributed by atoms with Crippen molar-refractivity contribution in [3.63, 3.8) is 0 Å². The summed E-state index contributed by atoms with van der Waals surface area (Å²) in [5, 5.41) is 3.45. The summed E-state index contributed by atoms with van der Waals surface area (Å²) in [6.45, 7) is 11.9. The normalized spacial score (nSPS) is 14.8. The summed E-state index contributed by atoms with van der Waals surface area (Å²) in [5.41, 5.74) is 2.09. The maximum atomic E-state index is 5.42. The van der Waals surface area contributed by atoms with Gasteiger partial charge in [-0.1, -0.05) is 44.2 Å². The van der Waals surface area contributed by atoms with Crippen LogP contribution in [0.15, 0.2) is 36.4 Å². The second-order valence-corrected chi connectivity index (χ2v) is 7.17. The standard InChI is InChI=1S/C22H33N5O/c1-3-11-27(12-4-2)21-18-20(19-8-6-5-7-9-19)24-22(25-21)23-10-13-26-14-16-28-17-15-26/h5-9,18H,3-4,10-17H2,1-2H3,(H,23,24,25). The molecule has 2 heterocycles. The number of anilines is 2. The van der Waals surface area contributed by atoms with E-state index < -0.39 is 0 Å². The highest BCUT2D eigenvalue weighted by Gasteiger charge is 2.13. The number of nitrogens with one attached hydrogen (secondary N) is 1. The maximum Gasteiger partial charge on any atom is 0.225 e. The van der Waals surface area contributed by atoms with Crippen molar-refractivity contribution in [2.45, 2.75) is 26.7 Å². The first-order valence-electron chi connectivity index (χ1n) is 10.5. The van der Waals surface area contributed by atoms with E-state index in [1.54, 1.807) is 0 Å². The van der Waals surface area contributed by atoms with E-state index in [4.69, 9.17) is 14.7 Å². The van der Waals surface area contributed by atoms with Crippen LogP contribution < -0.4 is 10.2 Å². The lowest BCUT2D eigenvalue weighted by molar-refractivity contribution is 0.0398. The van der Waals surface area contributed by atoms with E-state index in [-0.39, 0.29) is 0 Å². The molecule has 1 aliphatic heterocycles. The highest BCUT2D eigenvalue weighted by molar-refractivity contribution is 5.64. The Morgan fingerprint density at radius 3 is 2.43 bits per heavy atom. The number of nitrogens with zero attached hydrogens (tertiary/aromatic N) is 4. The summed E-state index contributed by atoms with van der Waals surface area (Å²) in [6.07, 6.45) is 2.20. The molecule has 0 spiro atoms. The third-order valence-corrected chi connectivity index (χ3v) is 4.91. The van der Waals surface area contributed by atoms with Gasteiger partial charge in [-0.15, -0.1) is 0 Å². The average Bonchev–Trinajstić information content (AvgIpc) is 2.75. The largest absolute Gasteiger partial charge is 0.379 e. The van der Waals surface area contributed by atoms with Crippen molar-refractivity contribution >= 4 is 11.8 Å². The summed E-state index contributed by atoms with van der Waals surface area (Å²) in [5.74, 6) is 1.72. The quantitative estimate of drug-likeness (QED) is 0.678. The lowest BCUT2D eigenvalue weighted by atomic mass is 10.1. The average molecular weight is 384 g/mol. The van der Waals surface area contributed by atoms with Crippen molar-refractivity contribution in [1.29, 1.82) is 0 Å². The van der Waals surface area contributed by atoms with Crippen LogP contribution in [0.3, 0.4) is 0 Å². The van der Waals surface area contributed by atoms with Gasteiger partial charge in [-0.05, 0) is 12.8 Å². The Bertz CT molecular complexity index is 697. The zero-order valence-electron chi connectivity index (χ0n) is 17.2. The molecule has 0 unspecified atom stereocenters. The molecule has 1 aromatic heterocycles. The number of ether oxygens (including phenoxy) is 1. The first kappa shape index (κ1) is 20.6. The van der Waals surface area contributed by atoms with E-state index in [9.17, 15) is 0 Å². The Labute approximate surface area is 168 Å². The minimum atomic E-state index is 0.710. The Morgan fingerprint density at radius 2 is 1.75 bits per heavy atom. The summed E-state index contributed by atoms with van der Waals surface area (Å²) in [7, 11) is 0. The molecule has 0 bridgehead atoms. The summed E-state index contributed by atoms with van der Waals surface area (Å²) >= 11 is 0. The van der Waals surface area contributed by atoms with Crippen molar-refractivity contribution in [3.8, 4) is 11.3 Å². The van der Waals surface area contributed by atoms with Crippen molar-refractivity contribution in [2.24, 2.45) is 0 Å². The van der Waals surface area contributed by atoms with Gasteiger partial charge in [0.15, 0.2) is 0 Å². The predicted molar refractivity (Wildman–Crippen MR) is 116 cm³/mol. The van der Waals surface area contributed by atoms with E-state index in [1.165, 1.54) is 0 Å². The zero-order valence-corrected chi connectivity index (χ0v) is 17.2. The first-order chi connectivity index (χ1) is 13.8. The minimum absolute atomic E-state index is 0.710. The van der Waals surface area contributed by atoms with Gasteiger partial charge in [0.05, 0.1) is 18.9 Å². The van der Waals surface area contributed by atoms with Gasteiger partial charge in [-0.3, -0.25) is 4.90 Å². The highest BCUT2D eigenvalue weighted by atomic mass is 16.5. The van der Waals surface area contributed by atoms with E-state index in [0.29, 0.717) is 5.95 Å². The molecule has 3 rings (SSSR count). The third-order valence-electron chi connectivity index (χ3n) is 4.91. The lowest BCUT2D eigenvalue weighted by Gasteiger charge is -2.27. The minimum Gasteiger partial charge on any atom is -0.379 e. The molecule has 0 amide bonds. The number of aromatic nitrogens is 2. The third kappa shape index (κ3) is 5.91. The fraction of sp³-hybridized carbons (Fsp3) is 0.545. The Morgan fingerprint density at radius 1 is 1.04 bits per heavy atom. The monoisotopic (exact) mass is 383 g/mol. The molecule has 0 radical (unpaired) electrons. The molecule has 0 atom stereocenters. The number of benzene rings is 1. The van der Waals surface area contributed by atoms with E-state index in [1.807, 2.05) is 6.07 Å². The van der Waals surface area contributed by atoms with Gasteiger partial charge in [0.2, 0.25) is 5.95 Å². The number of rotatable bonds is 10. The van der Waals surface area contributed by atoms with Crippen molar-refractivity contribution < 1.29 is 4.74 Å². The van der Waals surface area contributed by atoms with Crippen LogP contribution in [0.1, 0.15) is 26.7 Å². The van der Waals surface area contributed by atoms with Gasteiger partial charge in [-0.2, -0.15) is 4.98 Å². The Kier molecular flexibility index (Phi) is 8.06. The SMILES string of the molecule is CCCN(CCC)c1cc(-c2ccccc2)nc(NCCN2CCOCC2)n1. The fourth-order valence-corrected chi connectivity index (χ4v) is 3.46. The van der Waals surface area contributed by atoms with E-state index >= 15 is 0 Å². The second kappa shape index (κ2) is 11.0. The van der Waals surface area contributed by atoms with E-state index in [0.717, 1.165) is 82.4 Å². The molecular weight excluding hydrogens is 350 g/mol. The van der Waals surface area contributed by atoms with Crippen LogP contribution in [0.4, 0.5) is 11.8 Å². The fourth-order valence-electron chi connectivity index (χ4n) is 3.46. The van der Waals surface area contributed by atoms with Gasteiger partial charge in [0.25, 0.3) is 0 Å². The molecule has 6 heteroatoms. The van der Waals surface area contributed by atoms with E-state index in [2.05, 4.69) is 59.3 Å². The molecule has 1 aromatic carbocycles. The summed E-state index contributed by atoms with van der Waals surface area (Å²) < 4.78 is 5.42. The van der Waals surface area contributed by atoms with Crippen LogP contribution in [0.25, 0.3) is 11.3 Å². The molecule has 6 nitrogen and oxygen atoms in total. The molecule has 1 N–H and O–H groups in total. The smallest absolute Gasteiger partial charge is 0.225 e. The number of morpholine rings is 1. The van der Waals surface area contributed by atoms with Gasteiger partial charge in [0, 0.05) is 50.9 Å². The molecule has 1 saturated heterocycles. The molecule has 2 aromatic rings. The summed E-state index contributed by atoms with van der Waals surface area (Å²) in [6, 6.07) is 12.5. The van der Waals surface area contributed by atoms with Gasteiger partial charge >= 0.3 is 0 Å². The van der Waals surface area contributed by atoms with Crippen LogP contribution >= 0.6 is 0 Å². The molecule has 1 aliphatic rings. The van der Waals surface area contributed by atoms with Gasteiger partial charge < -0.3 is 15.0 Å².